The van der Waals surface area contributed by atoms with Gasteiger partial charge in [-0.1, -0.05) is 23.9 Å². The number of fused-ring (bicyclic) bond motifs is 1. The zero-order chi connectivity index (χ0) is 24.4. The van der Waals surface area contributed by atoms with E-state index in [-0.39, 0.29) is 11.9 Å². The van der Waals surface area contributed by atoms with E-state index in [2.05, 4.69) is 4.98 Å². The molecule has 0 saturated carbocycles. The van der Waals surface area contributed by atoms with Crippen LogP contribution in [0.1, 0.15) is 35.8 Å². The summed E-state index contributed by atoms with van der Waals surface area (Å²) in [6, 6.07) is 8.99. The van der Waals surface area contributed by atoms with Gasteiger partial charge in [0.2, 0.25) is 5.91 Å². The Bertz CT molecular complexity index is 1260. The summed E-state index contributed by atoms with van der Waals surface area (Å²) in [6.45, 7) is 3.78. The summed E-state index contributed by atoms with van der Waals surface area (Å²) >= 11 is 0.875. The van der Waals surface area contributed by atoms with Crippen LogP contribution in [0.15, 0.2) is 48.8 Å². The van der Waals surface area contributed by atoms with Crippen LogP contribution in [0, 0.1) is 0 Å². The Labute approximate surface area is 201 Å². The topological polar surface area (TPSA) is 95.0 Å². The maximum absolute atomic E-state index is 13.9. The van der Waals surface area contributed by atoms with Gasteiger partial charge < -0.3 is 14.2 Å². The maximum atomic E-state index is 13.9. The third-order valence-electron chi connectivity index (χ3n) is 5.37. The number of amides is 2. The Kier molecular flexibility index (Phi) is 6.74. The number of imide groups is 1. The van der Waals surface area contributed by atoms with Crippen molar-refractivity contribution >= 4 is 39.5 Å². The average Bonchev–Trinajstić information content (AvgIpc) is 3.16. The van der Waals surface area contributed by atoms with Crippen molar-refractivity contribution in [2.45, 2.75) is 26.0 Å². The van der Waals surface area contributed by atoms with Crippen LogP contribution in [0.3, 0.4) is 0 Å². The summed E-state index contributed by atoms with van der Waals surface area (Å²) in [7, 11) is 3.04. The van der Waals surface area contributed by atoms with Crippen molar-refractivity contribution in [2.24, 2.45) is 0 Å². The van der Waals surface area contributed by atoms with E-state index in [1.165, 1.54) is 20.4 Å². The van der Waals surface area contributed by atoms with E-state index in [4.69, 9.17) is 14.2 Å². The lowest BCUT2D eigenvalue weighted by molar-refractivity contribution is -0.125. The highest BCUT2D eigenvalue weighted by atomic mass is 32.2. The first kappa shape index (κ1) is 23.6. The third-order valence-corrected chi connectivity index (χ3v) is 6.20. The molecule has 0 aliphatic carbocycles. The second-order valence-electron chi connectivity index (χ2n) is 7.94. The average molecular weight is 481 g/mol. The molecular weight excluding hydrogens is 456 g/mol. The molecule has 0 N–H and O–H groups in total. The molecule has 1 aliphatic rings. The second-order valence-corrected chi connectivity index (χ2v) is 8.86. The summed E-state index contributed by atoms with van der Waals surface area (Å²) < 4.78 is 16.6. The van der Waals surface area contributed by atoms with E-state index >= 15 is 0 Å². The van der Waals surface area contributed by atoms with Crippen LogP contribution >= 0.6 is 11.8 Å². The lowest BCUT2D eigenvalue weighted by Crippen LogP contribution is -2.38. The molecule has 3 aromatic rings. The number of thioether (sulfide) groups is 1. The number of hydrogen-bond donors (Lipinski definition) is 0. The van der Waals surface area contributed by atoms with Gasteiger partial charge in [-0.05, 0) is 43.5 Å². The van der Waals surface area contributed by atoms with E-state index in [1.807, 2.05) is 13.8 Å². The van der Waals surface area contributed by atoms with Crippen molar-refractivity contribution in [2.75, 3.05) is 20.0 Å². The van der Waals surface area contributed by atoms with E-state index < -0.39 is 23.0 Å². The number of rotatable bonds is 8. The number of Topliss-reactive ketones (excluding diaryl/α,β-unsaturated/α-hetero) is 1. The van der Waals surface area contributed by atoms with Crippen molar-refractivity contribution < 1.29 is 28.6 Å². The van der Waals surface area contributed by atoms with Crippen LogP contribution in [-0.4, -0.2) is 52.9 Å². The molecular formula is C25H24N2O6S. The van der Waals surface area contributed by atoms with E-state index in [0.29, 0.717) is 39.1 Å². The lowest BCUT2D eigenvalue weighted by atomic mass is 9.93. The Hall–Kier alpha value is -3.59. The highest BCUT2D eigenvalue weighted by Gasteiger charge is 2.41. The van der Waals surface area contributed by atoms with Gasteiger partial charge in [-0.15, -0.1) is 0 Å². The molecule has 8 nitrogen and oxygen atoms in total. The molecule has 1 aliphatic heterocycles. The highest BCUT2D eigenvalue weighted by Crippen LogP contribution is 2.39. The molecule has 0 spiro atoms. The first-order chi connectivity index (χ1) is 16.3. The fraction of sp³-hybridized carbons (Fsp3) is 0.280. The number of ketones is 1. The number of aromatic nitrogens is 1. The number of carbonyl (C=O) groups is 3. The van der Waals surface area contributed by atoms with Gasteiger partial charge in [0.25, 0.3) is 5.24 Å². The Balaban J connectivity index is 1.90. The van der Waals surface area contributed by atoms with Crippen LogP contribution in [-0.2, 0) is 4.79 Å². The van der Waals surface area contributed by atoms with E-state index in [9.17, 15) is 14.4 Å². The first-order valence-electron chi connectivity index (χ1n) is 10.6. The molecule has 4 rings (SSSR count). The summed E-state index contributed by atoms with van der Waals surface area (Å²) in [4.78, 5) is 44.7. The van der Waals surface area contributed by atoms with Gasteiger partial charge in [0.15, 0.2) is 17.3 Å². The van der Waals surface area contributed by atoms with Crippen molar-refractivity contribution in [1.82, 2.24) is 9.88 Å². The number of methoxy groups -OCH3 is 2. The van der Waals surface area contributed by atoms with Gasteiger partial charge >= 0.3 is 0 Å². The molecule has 1 atom stereocenters. The molecule has 34 heavy (non-hydrogen) atoms. The lowest BCUT2D eigenvalue weighted by Gasteiger charge is -2.26. The van der Waals surface area contributed by atoms with Crippen molar-refractivity contribution in [3.63, 3.8) is 0 Å². The van der Waals surface area contributed by atoms with Gasteiger partial charge in [-0.2, -0.15) is 0 Å². The smallest absolute Gasteiger partial charge is 0.289 e. The zero-order valence-electron chi connectivity index (χ0n) is 19.2. The Morgan fingerprint density at radius 2 is 1.79 bits per heavy atom. The highest BCUT2D eigenvalue weighted by molar-refractivity contribution is 8.14. The van der Waals surface area contributed by atoms with E-state index in [1.54, 1.807) is 42.6 Å². The standard InChI is InChI=1S/C25H24N2O6S/c1-14(2)33-17-7-5-6-15(8-17)24(29)23(27-22(28)13-34-25(27)30)19-12-26-11-16-9-20(31-3)21(32-4)10-18(16)19/h5-12,14,23H,13H2,1-4H3. The van der Waals surface area contributed by atoms with Gasteiger partial charge in [0.05, 0.1) is 26.1 Å². The summed E-state index contributed by atoms with van der Waals surface area (Å²) in [5, 5.41) is 0.824. The first-order valence-corrected chi connectivity index (χ1v) is 11.6. The van der Waals surface area contributed by atoms with Crippen molar-refractivity contribution in [1.29, 1.82) is 0 Å². The summed E-state index contributed by atoms with van der Waals surface area (Å²) in [5.74, 6) is 0.612. The third kappa shape index (κ3) is 4.43. The van der Waals surface area contributed by atoms with E-state index in [0.717, 1.165) is 16.7 Å². The molecule has 0 radical (unpaired) electrons. The normalized spacial score (nSPS) is 14.6. The molecule has 2 aromatic carbocycles. The molecule has 176 valence electrons. The number of ether oxygens (including phenoxy) is 3. The van der Waals surface area contributed by atoms with Gasteiger partial charge in [-0.25, -0.2) is 0 Å². The minimum Gasteiger partial charge on any atom is -0.493 e. The number of benzene rings is 2. The Morgan fingerprint density at radius 1 is 1.06 bits per heavy atom. The number of carbonyl (C=O) groups excluding carboxylic acids is 3. The van der Waals surface area contributed by atoms with Crippen LogP contribution in [0.2, 0.25) is 0 Å². The van der Waals surface area contributed by atoms with Crippen LogP contribution in [0.4, 0.5) is 4.79 Å². The summed E-state index contributed by atoms with van der Waals surface area (Å²) in [6.07, 6.45) is 3.06. The SMILES string of the molecule is COc1cc2cncc(C(C(=O)c3cccc(OC(C)C)c3)N3C(=O)CSC3=O)c2cc1OC. The summed E-state index contributed by atoms with van der Waals surface area (Å²) in [5.41, 5.74) is 0.737. The fourth-order valence-corrected chi connectivity index (χ4v) is 4.63. The minimum absolute atomic E-state index is 0.0194. The molecule has 2 amide bonds. The van der Waals surface area contributed by atoms with Crippen LogP contribution < -0.4 is 14.2 Å². The molecule has 1 unspecified atom stereocenters. The molecule has 0 bridgehead atoms. The van der Waals surface area contributed by atoms with Gasteiger partial charge in [0, 0.05) is 28.9 Å². The predicted molar refractivity (Wildman–Crippen MR) is 129 cm³/mol. The maximum Gasteiger partial charge on any atom is 0.289 e. The fourth-order valence-electron chi connectivity index (χ4n) is 3.90. The number of nitrogens with zero attached hydrogens (tertiary/aromatic N) is 2. The predicted octanol–water partition coefficient (Wildman–Crippen LogP) is 4.66. The molecule has 2 heterocycles. The number of hydrogen-bond acceptors (Lipinski definition) is 8. The van der Waals surface area contributed by atoms with Gasteiger partial charge in [-0.3, -0.25) is 24.3 Å². The van der Waals surface area contributed by atoms with Crippen molar-refractivity contribution in [3.8, 4) is 17.2 Å². The molecule has 1 fully saturated rings. The molecule has 9 heteroatoms. The minimum atomic E-state index is -1.20. The second kappa shape index (κ2) is 9.72. The van der Waals surface area contributed by atoms with Crippen LogP contribution in [0.5, 0.6) is 17.2 Å². The van der Waals surface area contributed by atoms with Crippen LogP contribution in [0.25, 0.3) is 10.8 Å². The molecule has 1 saturated heterocycles. The molecule has 1 aromatic heterocycles. The number of pyridine rings is 1. The zero-order valence-corrected chi connectivity index (χ0v) is 20.0. The monoisotopic (exact) mass is 480 g/mol. The van der Waals surface area contributed by atoms with Crippen molar-refractivity contribution in [3.05, 3.63) is 59.9 Å². The largest absolute Gasteiger partial charge is 0.493 e. The quantitative estimate of drug-likeness (QED) is 0.430. The van der Waals surface area contributed by atoms with Gasteiger partial charge in [0.1, 0.15) is 11.8 Å². The Morgan fingerprint density at radius 3 is 2.44 bits per heavy atom.